The van der Waals surface area contributed by atoms with Gasteiger partial charge in [0.2, 0.25) is 0 Å². The standard InChI is InChI=1S/C9H11NO3.C6H5NO4/c1-2-7-13-9-5-3-8(4-6-9)10(11)12;8-7(9)5-1-3-6(11-10)4-2-5/h3-6H,2,7H2,1H3;1-4,10H. The molecule has 0 amide bonds. The molecule has 2 aromatic rings. The van der Waals surface area contributed by atoms with E-state index in [0.29, 0.717) is 12.4 Å². The van der Waals surface area contributed by atoms with Gasteiger partial charge in [-0.05, 0) is 30.7 Å². The fraction of sp³-hybridized carbons (Fsp3) is 0.200. The molecule has 1 N–H and O–H groups in total. The minimum atomic E-state index is -0.527. The van der Waals surface area contributed by atoms with Crippen LogP contribution in [0, 0.1) is 20.2 Å². The summed E-state index contributed by atoms with van der Waals surface area (Å²) in [6.07, 6.45) is 0.928. The molecule has 0 aliphatic rings. The van der Waals surface area contributed by atoms with Crippen molar-refractivity contribution in [2.24, 2.45) is 0 Å². The Morgan fingerprint density at radius 1 is 0.875 bits per heavy atom. The number of nitro benzene ring substituents is 2. The molecule has 0 bridgehead atoms. The van der Waals surface area contributed by atoms with Gasteiger partial charge < -0.3 is 9.62 Å². The van der Waals surface area contributed by atoms with Gasteiger partial charge in [-0.3, -0.25) is 20.2 Å². The summed E-state index contributed by atoms with van der Waals surface area (Å²) in [7, 11) is 0. The number of ether oxygens (including phenoxy) is 1. The molecular formula is C15H16N2O7. The summed E-state index contributed by atoms with van der Waals surface area (Å²) in [5, 5.41) is 28.5. The molecule has 128 valence electrons. The third kappa shape index (κ3) is 6.28. The summed E-state index contributed by atoms with van der Waals surface area (Å²) < 4.78 is 5.27. The topological polar surface area (TPSA) is 125 Å². The predicted octanol–water partition coefficient (Wildman–Crippen LogP) is 3.83. The van der Waals surface area contributed by atoms with Crippen LogP contribution in [0.25, 0.3) is 0 Å². The lowest BCUT2D eigenvalue weighted by Gasteiger charge is -2.02. The van der Waals surface area contributed by atoms with Gasteiger partial charge in [0.15, 0.2) is 5.75 Å². The minimum absolute atomic E-state index is 0.0363. The highest BCUT2D eigenvalue weighted by Crippen LogP contribution is 2.17. The van der Waals surface area contributed by atoms with E-state index in [4.69, 9.17) is 9.99 Å². The number of nitrogens with zero attached hydrogens (tertiary/aromatic N) is 2. The van der Waals surface area contributed by atoms with E-state index < -0.39 is 9.85 Å². The van der Waals surface area contributed by atoms with E-state index in [-0.39, 0.29) is 17.1 Å². The summed E-state index contributed by atoms with van der Waals surface area (Å²) in [4.78, 5) is 23.3. The number of non-ortho nitro benzene ring substituents is 2. The Kier molecular flexibility index (Phi) is 7.65. The molecule has 0 aliphatic heterocycles. The van der Waals surface area contributed by atoms with Crippen LogP contribution in [0.1, 0.15) is 13.3 Å². The van der Waals surface area contributed by atoms with Gasteiger partial charge in [-0.15, -0.1) is 0 Å². The Hall–Kier alpha value is -3.20. The number of nitro groups is 2. The molecule has 0 aliphatic carbocycles. The SMILES string of the molecule is CCCOc1ccc([N+](=O)[O-])cc1.O=[N+]([O-])c1ccc(OO)cc1. The maximum atomic E-state index is 10.3. The molecule has 0 spiro atoms. The van der Waals surface area contributed by atoms with Gasteiger partial charge in [0, 0.05) is 24.3 Å². The molecule has 9 nitrogen and oxygen atoms in total. The highest BCUT2D eigenvalue weighted by Gasteiger charge is 2.04. The second-order valence-electron chi connectivity index (χ2n) is 4.44. The summed E-state index contributed by atoms with van der Waals surface area (Å²) in [6, 6.07) is 11.2. The first kappa shape index (κ1) is 18.8. The summed E-state index contributed by atoms with van der Waals surface area (Å²) in [5.41, 5.74) is 0.0506. The third-order valence-corrected chi connectivity index (χ3v) is 2.67. The number of rotatable bonds is 6. The maximum absolute atomic E-state index is 10.3. The first-order valence-electron chi connectivity index (χ1n) is 6.91. The van der Waals surface area contributed by atoms with Crippen LogP contribution in [0.15, 0.2) is 48.5 Å². The van der Waals surface area contributed by atoms with E-state index in [1.165, 1.54) is 36.4 Å². The molecular weight excluding hydrogens is 320 g/mol. The van der Waals surface area contributed by atoms with Crippen LogP contribution in [0.4, 0.5) is 11.4 Å². The zero-order chi connectivity index (χ0) is 17.9. The first-order chi connectivity index (χ1) is 11.5. The van der Waals surface area contributed by atoms with Crippen molar-refractivity contribution in [3.05, 3.63) is 68.8 Å². The first-order valence-corrected chi connectivity index (χ1v) is 6.91. The Balaban J connectivity index is 0.000000243. The lowest BCUT2D eigenvalue weighted by atomic mass is 10.3. The Morgan fingerprint density at radius 3 is 1.62 bits per heavy atom. The molecule has 2 rings (SSSR count). The lowest BCUT2D eigenvalue weighted by Crippen LogP contribution is -1.95. The third-order valence-electron chi connectivity index (χ3n) is 2.67. The summed E-state index contributed by atoms with van der Waals surface area (Å²) >= 11 is 0. The summed E-state index contributed by atoms with van der Waals surface area (Å²) in [6.45, 7) is 2.64. The van der Waals surface area contributed by atoms with Crippen LogP contribution >= 0.6 is 0 Å². The number of hydrogen-bond acceptors (Lipinski definition) is 7. The van der Waals surface area contributed by atoms with E-state index in [0.717, 1.165) is 6.42 Å². The second-order valence-corrected chi connectivity index (χ2v) is 4.44. The minimum Gasteiger partial charge on any atom is -0.494 e. The fourth-order valence-electron chi connectivity index (χ4n) is 1.51. The number of hydrogen-bond donors (Lipinski definition) is 1. The van der Waals surface area contributed by atoms with Gasteiger partial charge in [0.1, 0.15) is 5.75 Å². The van der Waals surface area contributed by atoms with Crippen molar-refractivity contribution in [2.45, 2.75) is 13.3 Å². The highest BCUT2D eigenvalue weighted by atomic mass is 17.1. The van der Waals surface area contributed by atoms with Gasteiger partial charge >= 0.3 is 0 Å². The van der Waals surface area contributed by atoms with E-state index in [1.54, 1.807) is 12.1 Å². The molecule has 0 fully saturated rings. The van der Waals surface area contributed by atoms with Crippen molar-refractivity contribution < 1.29 is 24.7 Å². The normalized spacial score (nSPS) is 9.42. The quantitative estimate of drug-likeness (QED) is 0.482. The lowest BCUT2D eigenvalue weighted by molar-refractivity contribution is -0.385. The van der Waals surface area contributed by atoms with Crippen molar-refractivity contribution in [1.82, 2.24) is 0 Å². The predicted molar refractivity (Wildman–Crippen MR) is 85.2 cm³/mol. The van der Waals surface area contributed by atoms with Crippen molar-refractivity contribution in [1.29, 1.82) is 0 Å². The van der Waals surface area contributed by atoms with Crippen molar-refractivity contribution in [2.75, 3.05) is 6.61 Å². The molecule has 0 heterocycles. The fourth-order valence-corrected chi connectivity index (χ4v) is 1.51. The van der Waals surface area contributed by atoms with Crippen LogP contribution in [0.2, 0.25) is 0 Å². The van der Waals surface area contributed by atoms with Crippen molar-refractivity contribution in [3.63, 3.8) is 0 Å². The Bertz CT molecular complexity index is 657. The molecule has 0 saturated heterocycles. The van der Waals surface area contributed by atoms with Gasteiger partial charge in [0.25, 0.3) is 11.4 Å². The largest absolute Gasteiger partial charge is 0.494 e. The molecule has 24 heavy (non-hydrogen) atoms. The van der Waals surface area contributed by atoms with Gasteiger partial charge in [-0.25, -0.2) is 5.26 Å². The Labute approximate surface area is 137 Å². The zero-order valence-corrected chi connectivity index (χ0v) is 12.8. The van der Waals surface area contributed by atoms with Crippen molar-refractivity contribution >= 4 is 11.4 Å². The molecule has 0 saturated carbocycles. The van der Waals surface area contributed by atoms with Crippen LogP contribution in [-0.4, -0.2) is 21.7 Å². The smallest absolute Gasteiger partial charge is 0.269 e. The molecule has 2 aromatic carbocycles. The molecule has 0 unspecified atom stereocenters. The van der Waals surface area contributed by atoms with Crippen molar-refractivity contribution in [3.8, 4) is 11.5 Å². The zero-order valence-electron chi connectivity index (χ0n) is 12.8. The van der Waals surface area contributed by atoms with Crippen LogP contribution in [0.3, 0.4) is 0 Å². The van der Waals surface area contributed by atoms with Crippen LogP contribution in [0.5, 0.6) is 11.5 Å². The average molecular weight is 336 g/mol. The Morgan fingerprint density at radius 2 is 1.29 bits per heavy atom. The average Bonchev–Trinajstić information content (AvgIpc) is 2.61. The van der Waals surface area contributed by atoms with Crippen LogP contribution < -0.4 is 9.62 Å². The van der Waals surface area contributed by atoms with E-state index in [9.17, 15) is 20.2 Å². The summed E-state index contributed by atoms with van der Waals surface area (Å²) in [5.74, 6) is 0.850. The second kappa shape index (κ2) is 9.74. The molecule has 9 heteroatoms. The van der Waals surface area contributed by atoms with E-state index in [2.05, 4.69) is 4.89 Å². The van der Waals surface area contributed by atoms with Crippen LogP contribution in [-0.2, 0) is 0 Å². The molecule has 0 aromatic heterocycles. The van der Waals surface area contributed by atoms with Gasteiger partial charge in [-0.2, -0.15) is 0 Å². The van der Waals surface area contributed by atoms with E-state index >= 15 is 0 Å². The number of benzene rings is 2. The maximum Gasteiger partial charge on any atom is 0.269 e. The molecule has 0 radical (unpaired) electrons. The van der Waals surface area contributed by atoms with E-state index in [1.807, 2.05) is 6.92 Å². The monoisotopic (exact) mass is 336 g/mol. The van der Waals surface area contributed by atoms with Gasteiger partial charge in [-0.1, -0.05) is 6.92 Å². The van der Waals surface area contributed by atoms with Gasteiger partial charge in [0.05, 0.1) is 16.5 Å². The highest BCUT2D eigenvalue weighted by molar-refractivity contribution is 5.36. The molecule has 0 atom stereocenters.